The summed E-state index contributed by atoms with van der Waals surface area (Å²) in [6, 6.07) is 4.45. The van der Waals surface area contributed by atoms with Gasteiger partial charge in [0.15, 0.2) is 5.65 Å². The molecular weight excluding hydrogens is 272 g/mol. The molecule has 0 aromatic carbocycles. The Balaban J connectivity index is 1.98. The van der Waals surface area contributed by atoms with Crippen molar-refractivity contribution in [1.29, 1.82) is 0 Å². The molecule has 0 fully saturated rings. The number of fused-ring (bicyclic) bond motifs is 1. The molecule has 7 heteroatoms. The molecule has 20 heavy (non-hydrogen) atoms. The van der Waals surface area contributed by atoms with Gasteiger partial charge in [-0.05, 0) is 17.9 Å². The van der Waals surface area contributed by atoms with Crippen LogP contribution in [0.1, 0.15) is 24.3 Å². The van der Waals surface area contributed by atoms with E-state index in [4.69, 9.17) is 0 Å². The Morgan fingerprint density at radius 1 is 1.40 bits per heavy atom. The maximum Gasteiger partial charge on any atom is 0.226 e. The molecule has 3 rings (SSSR count). The van der Waals surface area contributed by atoms with Crippen molar-refractivity contribution in [2.24, 2.45) is 0 Å². The van der Waals surface area contributed by atoms with Crippen molar-refractivity contribution in [3.8, 4) is 0 Å². The van der Waals surface area contributed by atoms with Gasteiger partial charge >= 0.3 is 0 Å². The van der Waals surface area contributed by atoms with E-state index in [-0.39, 0.29) is 6.04 Å². The Hall–Kier alpha value is -2.15. The van der Waals surface area contributed by atoms with Crippen LogP contribution in [0, 0.1) is 0 Å². The number of rotatable bonds is 5. The summed E-state index contributed by atoms with van der Waals surface area (Å²) in [5, 5.41) is 16.4. The van der Waals surface area contributed by atoms with Crippen LogP contribution in [0.5, 0.6) is 0 Å². The number of H-pyrrole nitrogens is 1. The third-order valence-electron chi connectivity index (χ3n) is 3.14. The Kier molecular flexibility index (Phi) is 3.51. The number of hydrogen-bond donors (Lipinski definition) is 3. The minimum atomic E-state index is 0.243. The Labute approximate surface area is 120 Å². The van der Waals surface area contributed by atoms with E-state index >= 15 is 0 Å². The SMILES string of the molecule is CCC(Nc1nc(NC)nc2[nH]ncc12)c1cccs1. The highest BCUT2D eigenvalue weighted by Gasteiger charge is 2.15. The standard InChI is InChI=1S/C13H16N6S/c1-3-9(10-5-4-6-20-10)16-11-8-7-15-19-12(8)18-13(14-2)17-11/h4-7,9H,3H2,1-2H3,(H3,14,15,16,17,18,19). The molecule has 0 aliphatic heterocycles. The highest BCUT2D eigenvalue weighted by atomic mass is 32.1. The molecule has 3 aromatic heterocycles. The lowest BCUT2D eigenvalue weighted by Gasteiger charge is -2.17. The number of aromatic nitrogens is 4. The molecule has 0 bridgehead atoms. The largest absolute Gasteiger partial charge is 0.362 e. The predicted molar refractivity (Wildman–Crippen MR) is 82.2 cm³/mol. The van der Waals surface area contributed by atoms with Crippen LogP contribution in [0.2, 0.25) is 0 Å². The summed E-state index contributed by atoms with van der Waals surface area (Å²) < 4.78 is 0. The minimum Gasteiger partial charge on any atom is -0.362 e. The number of aromatic amines is 1. The first-order valence-corrected chi connectivity index (χ1v) is 7.38. The van der Waals surface area contributed by atoms with Crippen LogP contribution in [-0.2, 0) is 0 Å². The molecule has 3 heterocycles. The fourth-order valence-corrected chi connectivity index (χ4v) is 2.95. The van der Waals surface area contributed by atoms with Gasteiger partial charge in [0, 0.05) is 11.9 Å². The average Bonchev–Trinajstić information content (AvgIpc) is 3.14. The molecule has 104 valence electrons. The molecule has 0 radical (unpaired) electrons. The molecule has 3 N–H and O–H groups in total. The first kappa shape index (κ1) is 12.9. The van der Waals surface area contributed by atoms with Gasteiger partial charge in [0.2, 0.25) is 5.95 Å². The summed E-state index contributed by atoms with van der Waals surface area (Å²) in [5.41, 5.74) is 0.730. The lowest BCUT2D eigenvalue weighted by atomic mass is 10.2. The summed E-state index contributed by atoms with van der Waals surface area (Å²) in [7, 11) is 1.80. The van der Waals surface area contributed by atoms with Crippen molar-refractivity contribution in [2.75, 3.05) is 17.7 Å². The van der Waals surface area contributed by atoms with Crippen LogP contribution in [0.3, 0.4) is 0 Å². The van der Waals surface area contributed by atoms with Gasteiger partial charge in [-0.3, -0.25) is 5.10 Å². The third kappa shape index (κ3) is 2.32. The molecule has 6 nitrogen and oxygen atoms in total. The molecule has 1 unspecified atom stereocenters. The zero-order valence-corrected chi connectivity index (χ0v) is 12.2. The Bertz CT molecular complexity index is 690. The lowest BCUT2D eigenvalue weighted by molar-refractivity contribution is 0.760. The predicted octanol–water partition coefficient (Wildman–Crippen LogP) is 3.02. The quantitative estimate of drug-likeness (QED) is 0.672. The molecule has 0 aliphatic carbocycles. The second-order valence-electron chi connectivity index (χ2n) is 4.40. The fraction of sp³-hybridized carbons (Fsp3) is 0.308. The van der Waals surface area contributed by atoms with E-state index in [1.165, 1.54) is 4.88 Å². The second-order valence-corrected chi connectivity index (χ2v) is 5.38. The molecule has 3 aromatic rings. The minimum absolute atomic E-state index is 0.243. The highest BCUT2D eigenvalue weighted by molar-refractivity contribution is 7.10. The van der Waals surface area contributed by atoms with Gasteiger partial charge in [0.05, 0.1) is 17.6 Å². The average molecular weight is 288 g/mol. The summed E-state index contributed by atoms with van der Waals surface area (Å²) in [4.78, 5) is 10.1. The number of anilines is 2. The van der Waals surface area contributed by atoms with Gasteiger partial charge in [-0.15, -0.1) is 11.3 Å². The van der Waals surface area contributed by atoms with Crippen LogP contribution >= 0.6 is 11.3 Å². The molecule has 0 aliphatic rings. The monoisotopic (exact) mass is 288 g/mol. The van der Waals surface area contributed by atoms with Gasteiger partial charge in [-0.2, -0.15) is 15.1 Å². The normalized spacial score (nSPS) is 12.5. The number of nitrogens with one attached hydrogen (secondary N) is 3. The Morgan fingerprint density at radius 3 is 3.00 bits per heavy atom. The van der Waals surface area contributed by atoms with E-state index in [9.17, 15) is 0 Å². The second kappa shape index (κ2) is 5.46. The van der Waals surface area contributed by atoms with Crippen LogP contribution in [-0.4, -0.2) is 27.2 Å². The van der Waals surface area contributed by atoms with E-state index in [1.54, 1.807) is 24.6 Å². The van der Waals surface area contributed by atoms with Gasteiger partial charge in [-0.1, -0.05) is 13.0 Å². The first-order chi connectivity index (χ1) is 9.81. The maximum atomic E-state index is 4.50. The van der Waals surface area contributed by atoms with Crippen LogP contribution < -0.4 is 10.6 Å². The van der Waals surface area contributed by atoms with E-state index in [2.05, 4.69) is 55.2 Å². The molecule has 1 atom stereocenters. The van der Waals surface area contributed by atoms with Gasteiger partial charge in [0.1, 0.15) is 5.82 Å². The van der Waals surface area contributed by atoms with E-state index < -0.39 is 0 Å². The van der Waals surface area contributed by atoms with E-state index in [0.717, 1.165) is 23.3 Å². The fourth-order valence-electron chi connectivity index (χ4n) is 2.09. The summed E-state index contributed by atoms with van der Waals surface area (Å²) in [6.07, 6.45) is 2.73. The molecule has 0 saturated carbocycles. The van der Waals surface area contributed by atoms with Crippen LogP contribution in [0.4, 0.5) is 11.8 Å². The zero-order valence-electron chi connectivity index (χ0n) is 11.3. The van der Waals surface area contributed by atoms with Crippen LogP contribution in [0.25, 0.3) is 11.0 Å². The smallest absolute Gasteiger partial charge is 0.226 e. The van der Waals surface area contributed by atoms with E-state index in [1.807, 2.05) is 0 Å². The van der Waals surface area contributed by atoms with Crippen molar-refractivity contribution in [3.63, 3.8) is 0 Å². The highest BCUT2D eigenvalue weighted by Crippen LogP contribution is 2.28. The van der Waals surface area contributed by atoms with Gasteiger partial charge in [-0.25, -0.2) is 0 Å². The number of thiophene rings is 1. The maximum absolute atomic E-state index is 4.50. The first-order valence-electron chi connectivity index (χ1n) is 6.50. The number of hydrogen-bond acceptors (Lipinski definition) is 6. The third-order valence-corrected chi connectivity index (χ3v) is 4.13. The molecule has 0 saturated heterocycles. The van der Waals surface area contributed by atoms with Crippen molar-refractivity contribution in [3.05, 3.63) is 28.6 Å². The molecule has 0 amide bonds. The summed E-state index contributed by atoms with van der Waals surface area (Å²) >= 11 is 1.75. The van der Waals surface area contributed by atoms with Gasteiger partial charge in [0.25, 0.3) is 0 Å². The van der Waals surface area contributed by atoms with E-state index in [0.29, 0.717) is 5.95 Å². The molecular formula is C13H16N6S. The molecule has 0 spiro atoms. The van der Waals surface area contributed by atoms with Gasteiger partial charge < -0.3 is 10.6 Å². The van der Waals surface area contributed by atoms with Crippen molar-refractivity contribution in [2.45, 2.75) is 19.4 Å². The van der Waals surface area contributed by atoms with Crippen molar-refractivity contribution >= 4 is 34.1 Å². The summed E-state index contributed by atoms with van der Waals surface area (Å²) in [6.45, 7) is 2.16. The Morgan fingerprint density at radius 2 is 2.30 bits per heavy atom. The van der Waals surface area contributed by atoms with Crippen molar-refractivity contribution < 1.29 is 0 Å². The summed E-state index contributed by atoms with van der Waals surface area (Å²) in [5.74, 6) is 1.37. The van der Waals surface area contributed by atoms with Crippen molar-refractivity contribution in [1.82, 2.24) is 20.2 Å². The lowest BCUT2D eigenvalue weighted by Crippen LogP contribution is -2.11. The topological polar surface area (TPSA) is 78.5 Å². The number of nitrogens with zero attached hydrogens (tertiary/aromatic N) is 3. The zero-order chi connectivity index (χ0) is 13.9. The van der Waals surface area contributed by atoms with Crippen LogP contribution in [0.15, 0.2) is 23.7 Å².